The molecule has 0 radical (unpaired) electrons. The van der Waals surface area contributed by atoms with Crippen LogP contribution in [0.3, 0.4) is 0 Å². The van der Waals surface area contributed by atoms with Gasteiger partial charge < -0.3 is 0 Å². The van der Waals surface area contributed by atoms with Crippen molar-refractivity contribution in [3.63, 3.8) is 0 Å². The van der Waals surface area contributed by atoms with Crippen LogP contribution in [0.4, 0.5) is 0 Å². The van der Waals surface area contributed by atoms with Crippen molar-refractivity contribution in [3.8, 4) is 0 Å². The maximum absolute atomic E-state index is 5.92. The fourth-order valence-corrected chi connectivity index (χ4v) is 3.72. The molecule has 1 aromatic rings. The zero-order valence-electron chi connectivity index (χ0n) is 12.6. The minimum atomic E-state index is 0.310. The van der Waals surface area contributed by atoms with E-state index in [1.165, 1.54) is 48.8 Å². The molecule has 0 amide bonds. The summed E-state index contributed by atoms with van der Waals surface area (Å²) in [5.41, 5.74) is 7.20. The molecule has 0 heterocycles. The van der Waals surface area contributed by atoms with Gasteiger partial charge in [0.2, 0.25) is 0 Å². The van der Waals surface area contributed by atoms with Crippen molar-refractivity contribution < 1.29 is 0 Å². The van der Waals surface area contributed by atoms with Gasteiger partial charge in [0.15, 0.2) is 0 Å². The normalized spacial score (nSPS) is 25.3. The summed E-state index contributed by atoms with van der Waals surface area (Å²) in [7, 11) is 0. The Kier molecular flexibility index (Phi) is 5.00. The zero-order valence-corrected chi connectivity index (χ0v) is 12.6. The van der Waals surface area contributed by atoms with Crippen LogP contribution in [-0.4, -0.2) is 0 Å². The Balaban J connectivity index is 2.29. The highest BCUT2D eigenvalue weighted by atomic mass is 15.2. The summed E-state index contributed by atoms with van der Waals surface area (Å²) in [6, 6.07) is 7.02. The van der Waals surface area contributed by atoms with E-state index in [0.29, 0.717) is 12.0 Å². The van der Waals surface area contributed by atoms with Crippen LogP contribution < -0.4 is 11.3 Å². The minimum Gasteiger partial charge on any atom is -0.271 e. The smallest absolute Gasteiger partial charge is 0.0493 e. The van der Waals surface area contributed by atoms with Crippen molar-refractivity contribution in [2.45, 2.75) is 58.9 Å². The molecule has 3 N–H and O–H groups in total. The van der Waals surface area contributed by atoms with Crippen LogP contribution in [0.25, 0.3) is 0 Å². The molecule has 1 aromatic carbocycles. The molecule has 2 rings (SSSR count). The van der Waals surface area contributed by atoms with Gasteiger partial charge in [0.1, 0.15) is 0 Å². The Labute approximate surface area is 117 Å². The molecule has 106 valence electrons. The van der Waals surface area contributed by atoms with E-state index in [2.05, 4.69) is 44.4 Å². The number of benzene rings is 1. The third-order valence-electron chi connectivity index (χ3n) is 4.87. The van der Waals surface area contributed by atoms with E-state index in [0.717, 1.165) is 5.92 Å². The van der Waals surface area contributed by atoms with Gasteiger partial charge in [-0.15, -0.1) is 0 Å². The van der Waals surface area contributed by atoms with Crippen molar-refractivity contribution in [1.82, 2.24) is 5.43 Å². The molecule has 0 spiro atoms. The molecule has 1 fully saturated rings. The van der Waals surface area contributed by atoms with Crippen LogP contribution in [0, 0.1) is 25.7 Å². The van der Waals surface area contributed by atoms with E-state index < -0.39 is 0 Å². The SMILES string of the molecule is CCC1CCCCC1C(NN)c1cc(C)ccc1C. The van der Waals surface area contributed by atoms with Crippen molar-refractivity contribution in [1.29, 1.82) is 0 Å². The Bertz CT molecular complexity index is 414. The number of nitrogens with two attached hydrogens (primary N) is 1. The molecule has 3 unspecified atom stereocenters. The summed E-state index contributed by atoms with van der Waals surface area (Å²) < 4.78 is 0. The number of hydrogen-bond acceptors (Lipinski definition) is 2. The number of nitrogens with one attached hydrogen (secondary N) is 1. The number of rotatable bonds is 4. The first-order chi connectivity index (χ1) is 9.17. The van der Waals surface area contributed by atoms with Crippen LogP contribution in [0.2, 0.25) is 0 Å². The van der Waals surface area contributed by atoms with E-state index in [1.54, 1.807) is 0 Å². The molecule has 1 aliphatic rings. The first kappa shape index (κ1) is 14.5. The highest BCUT2D eigenvalue weighted by Crippen LogP contribution is 2.40. The molecule has 2 nitrogen and oxygen atoms in total. The van der Waals surface area contributed by atoms with Crippen LogP contribution in [-0.2, 0) is 0 Å². The van der Waals surface area contributed by atoms with Gasteiger partial charge in [-0.1, -0.05) is 56.4 Å². The van der Waals surface area contributed by atoms with Gasteiger partial charge in [0.05, 0.1) is 0 Å². The predicted octanol–water partition coefficient (Wildman–Crippen LogP) is 4.02. The van der Waals surface area contributed by atoms with Crippen LogP contribution in [0.5, 0.6) is 0 Å². The first-order valence-electron chi connectivity index (χ1n) is 7.70. The van der Waals surface area contributed by atoms with Gasteiger partial charge in [-0.25, -0.2) is 0 Å². The monoisotopic (exact) mass is 260 g/mol. The lowest BCUT2D eigenvalue weighted by Crippen LogP contribution is -2.38. The number of hydrogen-bond donors (Lipinski definition) is 2. The zero-order chi connectivity index (χ0) is 13.8. The van der Waals surface area contributed by atoms with Crippen molar-refractivity contribution in [2.24, 2.45) is 17.7 Å². The highest BCUT2D eigenvalue weighted by molar-refractivity contribution is 5.33. The topological polar surface area (TPSA) is 38.0 Å². The summed E-state index contributed by atoms with van der Waals surface area (Å²) in [6.45, 7) is 6.68. The van der Waals surface area contributed by atoms with Crippen molar-refractivity contribution in [2.75, 3.05) is 0 Å². The van der Waals surface area contributed by atoms with E-state index >= 15 is 0 Å². The van der Waals surface area contributed by atoms with E-state index in [9.17, 15) is 0 Å². The second-order valence-electron chi connectivity index (χ2n) is 6.12. The van der Waals surface area contributed by atoms with E-state index in [1.807, 2.05) is 0 Å². The van der Waals surface area contributed by atoms with Crippen LogP contribution >= 0.6 is 0 Å². The predicted molar refractivity (Wildman–Crippen MR) is 81.7 cm³/mol. The van der Waals surface area contributed by atoms with Crippen molar-refractivity contribution in [3.05, 3.63) is 34.9 Å². The quantitative estimate of drug-likeness (QED) is 0.634. The van der Waals surface area contributed by atoms with Crippen molar-refractivity contribution >= 4 is 0 Å². The van der Waals surface area contributed by atoms with Gasteiger partial charge >= 0.3 is 0 Å². The fourth-order valence-electron chi connectivity index (χ4n) is 3.72. The van der Waals surface area contributed by atoms with Crippen LogP contribution in [0.1, 0.15) is 61.8 Å². The lowest BCUT2D eigenvalue weighted by atomic mass is 9.72. The summed E-state index contributed by atoms with van der Waals surface area (Å²) in [6.07, 6.45) is 6.68. The minimum absolute atomic E-state index is 0.310. The summed E-state index contributed by atoms with van der Waals surface area (Å²) >= 11 is 0. The molecule has 0 aromatic heterocycles. The maximum Gasteiger partial charge on any atom is 0.0493 e. The first-order valence-corrected chi connectivity index (χ1v) is 7.70. The highest BCUT2D eigenvalue weighted by Gasteiger charge is 2.31. The molecular weight excluding hydrogens is 232 g/mol. The third kappa shape index (κ3) is 3.18. The van der Waals surface area contributed by atoms with E-state index in [-0.39, 0.29) is 0 Å². The van der Waals surface area contributed by atoms with Crippen LogP contribution in [0.15, 0.2) is 18.2 Å². The average molecular weight is 260 g/mol. The molecule has 0 aliphatic heterocycles. The lowest BCUT2D eigenvalue weighted by Gasteiger charge is -2.37. The lowest BCUT2D eigenvalue weighted by molar-refractivity contribution is 0.175. The van der Waals surface area contributed by atoms with Gasteiger partial charge in [-0.05, 0) is 43.2 Å². The molecule has 3 atom stereocenters. The van der Waals surface area contributed by atoms with E-state index in [4.69, 9.17) is 5.84 Å². The average Bonchev–Trinajstić information content (AvgIpc) is 2.44. The van der Waals surface area contributed by atoms with Gasteiger partial charge in [0, 0.05) is 6.04 Å². The summed E-state index contributed by atoms with van der Waals surface area (Å²) in [4.78, 5) is 0. The molecule has 1 saturated carbocycles. The molecule has 0 bridgehead atoms. The number of aryl methyl sites for hydroxylation is 2. The standard InChI is InChI=1S/C17H28N2/c1-4-14-7-5-6-8-15(14)17(19-18)16-11-12(2)9-10-13(16)3/h9-11,14-15,17,19H,4-8,18H2,1-3H3. The molecule has 1 aliphatic carbocycles. The Morgan fingerprint density at radius 1 is 1.26 bits per heavy atom. The second-order valence-corrected chi connectivity index (χ2v) is 6.12. The fraction of sp³-hybridized carbons (Fsp3) is 0.647. The molecule has 19 heavy (non-hydrogen) atoms. The molecule has 0 saturated heterocycles. The molecule has 2 heteroatoms. The second kappa shape index (κ2) is 6.53. The Morgan fingerprint density at radius 3 is 2.68 bits per heavy atom. The summed E-state index contributed by atoms with van der Waals surface area (Å²) in [5.74, 6) is 7.42. The molecular formula is C17H28N2. The van der Waals surface area contributed by atoms with Gasteiger partial charge in [-0.3, -0.25) is 11.3 Å². The largest absolute Gasteiger partial charge is 0.271 e. The van der Waals surface area contributed by atoms with Gasteiger partial charge in [-0.2, -0.15) is 0 Å². The van der Waals surface area contributed by atoms with Gasteiger partial charge in [0.25, 0.3) is 0 Å². The Hall–Kier alpha value is -0.860. The third-order valence-corrected chi connectivity index (χ3v) is 4.87. The summed E-state index contributed by atoms with van der Waals surface area (Å²) in [5, 5.41) is 0. The Morgan fingerprint density at radius 2 is 2.00 bits per heavy atom. The number of hydrazine groups is 1. The maximum atomic E-state index is 5.92.